The molecule has 1 fully saturated rings. The van der Waals surface area contributed by atoms with Crippen molar-refractivity contribution in [2.75, 3.05) is 18.9 Å². The lowest BCUT2D eigenvalue weighted by atomic mass is 9.87. The topological polar surface area (TPSA) is 49.4 Å². The molecule has 0 aliphatic carbocycles. The minimum atomic E-state index is -4.44. The fourth-order valence-corrected chi connectivity index (χ4v) is 3.54. The molecule has 0 aromatic heterocycles. The van der Waals surface area contributed by atoms with Crippen LogP contribution in [0.2, 0.25) is 5.02 Å². The Bertz CT molecular complexity index is 913. The molecule has 0 radical (unpaired) electrons. The van der Waals surface area contributed by atoms with Crippen LogP contribution >= 0.6 is 11.6 Å². The number of amides is 2. The lowest BCUT2D eigenvalue weighted by Gasteiger charge is -2.18. The number of halogens is 4. The van der Waals surface area contributed by atoms with Crippen LogP contribution in [0.4, 0.5) is 18.9 Å². The number of alkyl halides is 3. The first kappa shape index (κ1) is 20.2. The second-order valence-corrected chi connectivity index (χ2v) is 7.23. The van der Waals surface area contributed by atoms with Crippen LogP contribution < -0.4 is 5.32 Å². The minimum absolute atomic E-state index is 0.247. The molecule has 1 heterocycles. The molecule has 2 aromatic carbocycles. The maximum atomic E-state index is 12.9. The van der Waals surface area contributed by atoms with Gasteiger partial charge in [0.25, 0.3) is 0 Å². The molecule has 0 bridgehead atoms. The maximum Gasteiger partial charge on any atom is 0.416 e. The lowest BCUT2D eigenvalue weighted by molar-refractivity contribution is -0.138. The first-order chi connectivity index (χ1) is 13.1. The van der Waals surface area contributed by atoms with Gasteiger partial charge in [-0.15, -0.1) is 0 Å². The molecular weight excluding hydrogens is 393 g/mol. The summed E-state index contributed by atoms with van der Waals surface area (Å²) in [5.41, 5.74) is 0.895. The van der Waals surface area contributed by atoms with Crippen molar-refractivity contribution in [2.45, 2.75) is 19.0 Å². The molecule has 1 N–H and O–H groups in total. The predicted octanol–water partition coefficient (Wildman–Crippen LogP) is 4.48. The number of hydrogen-bond acceptors (Lipinski definition) is 2. The second-order valence-electron chi connectivity index (χ2n) is 6.82. The molecule has 2 aromatic rings. The number of likely N-dealkylation sites (tertiary alicyclic amines) is 1. The van der Waals surface area contributed by atoms with Gasteiger partial charge in [-0.25, -0.2) is 0 Å². The van der Waals surface area contributed by atoms with Crippen molar-refractivity contribution in [1.82, 2.24) is 4.90 Å². The number of nitrogens with one attached hydrogen (secondary N) is 1. The summed E-state index contributed by atoms with van der Waals surface area (Å²) < 4.78 is 38.4. The summed E-state index contributed by atoms with van der Waals surface area (Å²) in [6, 6.07) is 9.63. The zero-order valence-electron chi connectivity index (χ0n) is 15.2. The van der Waals surface area contributed by atoms with E-state index in [-0.39, 0.29) is 12.5 Å². The fraction of sp³-hybridized carbons (Fsp3) is 0.300. The summed E-state index contributed by atoms with van der Waals surface area (Å²) in [4.78, 5) is 26.8. The van der Waals surface area contributed by atoms with E-state index >= 15 is 0 Å². The molecule has 148 valence electrons. The molecule has 2 amide bonds. The SMILES string of the molecule is Cc1c(Cl)cccc1NC(=O)[C@@H]1C(=O)N(C)C[C@H]1c1ccc(C(F)(F)F)cc1. The summed E-state index contributed by atoms with van der Waals surface area (Å²) in [5, 5.41) is 3.21. The largest absolute Gasteiger partial charge is 0.416 e. The van der Waals surface area contributed by atoms with Crippen molar-refractivity contribution in [3.8, 4) is 0 Å². The van der Waals surface area contributed by atoms with Gasteiger partial charge in [0.05, 0.1) is 5.56 Å². The molecule has 1 aliphatic heterocycles. The van der Waals surface area contributed by atoms with Crippen LogP contribution in [0.5, 0.6) is 0 Å². The van der Waals surface area contributed by atoms with Gasteiger partial charge in [0, 0.05) is 30.2 Å². The molecule has 0 spiro atoms. The van der Waals surface area contributed by atoms with E-state index in [2.05, 4.69) is 5.32 Å². The smallest absolute Gasteiger partial charge is 0.344 e. The average molecular weight is 411 g/mol. The monoisotopic (exact) mass is 410 g/mol. The van der Waals surface area contributed by atoms with Crippen LogP contribution in [0, 0.1) is 12.8 Å². The van der Waals surface area contributed by atoms with E-state index in [1.807, 2.05) is 0 Å². The van der Waals surface area contributed by atoms with Gasteiger partial charge in [0.1, 0.15) is 5.92 Å². The van der Waals surface area contributed by atoms with Gasteiger partial charge >= 0.3 is 6.18 Å². The van der Waals surface area contributed by atoms with E-state index in [0.717, 1.165) is 12.1 Å². The van der Waals surface area contributed by atoms with Crippen molar-refractivity contribution in [2.24, 2.45) is 5.92 Å². The first-order valence-electron chi connectivity index (χ1n) is 8.57. The van der Waals surface area contributed by atoms with Gasteiger partial charge in [-0.2, -0.15) is 13.2 Å². The van der Waals surface area contributed by atoms with Crippen molar-refractivity contribution in [3.63, 3.8) is 0 Å². The Kier molecular flexibility index (Phi) is 5.39. The molecule has 8 heteroatoms. The molecular formula is C20H18ClF3N2O2. The third-order valence-corrected chi connectivity index (χ3v) is 5.40. The Labute approximate surface area is 165 Å². The van der Waals surface area contributed by atoms with Gasteiger partial charge in [0.15, 0.2) is 0 Å². The Hall–Kier alpha value is -2.54. The molecule has 28 heavy (non-hydrogen) atoms. The van der Waals surface area contributed by atoms with Crippen LogP contribution in [-0.4, -0.2) is 30.3 Å². The van der Waals surface area contributed by atoms with E-state index in [0.29, 0.717) is 21.8 Å². The summed E-state index contributed by atoms with van der Waals surface area (Å²) in [7, 11) is 1.57. The van der Waals surface area contributed by atoms with Gasteiger partial charge in [-0.3, -0.25) is 9.59 Å². The average Bonchev–Trinajstić information content (AvgIpc) is 2.93. The molecule has 3 rings (SSSR count). The lowest BCUT2D eigenvalue weighted by Crippen LogP contribution is -2.32. The number of likely N-dealkylation sites (N-methyl/N-ethyl adjacent to an activating group) is 1. The van der Waals surface area contributed by atoms with E-state index in [4.69, 9.17) is 11.6 Å². The van der Waals surface area contributed by atoms with Crippen LogP contribution in [0.1, 0.15) is 22.6 Å². The number of carbonyl (C=O) groups excluding carboxylic acids is 2. The highest BCUT2D eigenvalue weighted by Gasteiger charge is 2.44. The highest BCUT2D eigenvalue weighted by molar-refractivity contribution is 6.31. The fourth-order valence-electron chi connectivity index (χ4n) is 3.37. The maximum absolute atomic E-state index is 12.9. The number of rotatable bonds is 3. The minimum Gasteiger partial charge on any atom is -0.344 e. The van der Waals surface area contributed by atoms with Crippen molar-refractivity contribution in [3.05, 3.63) is 64.2 Å². The van der Waals surface area contributed by atoms with Crippen molar-refractivity contribution in [1.29, 1.82) is 0 Å². The van der Waals surface area contributed by atoms with E-state index in [9.17, 15) is 22.8 Å². The molecule has 0 unspecified atom stereocenters. The predicted molar refractivity (Wildman–Crippen MR) is 100 cm³/mol. The van der Waals surface area contributed by atoms with Crippen LogP contribution in [-0.2, 0) is 15.8 Å². The number of anilines is 1. The molecule has 4 nitrogen and oxygen atoms in total. The second kappa shape index (κ2) is 7.47. The van der Waals surface area contributed by atoms with E-state index in [1.54, 1.807) is 32.2 Å². The van der Waals surface area contributed by atoms with Gasteiger partial charge < -0.3 is 10.2 Å². The number of hydrogen-bond donors (Lipinski definition) is 1. The highest BCUT2D eigenvalue weighted by Crippen LogP contribution is 2.36. The summed E-state index contributed by atoms with van der Waals surface area (Å²) in [5.74, 6) is -2.45. The summed E-state index contributed by atoms with van der Waals surface area (Å²) >= 11 is 6.07. The van der Waals surface area contributed by atoms with E-state index < -0.39 is 29.5 Å². The molecule has 1 saturated heterocycles. The molecule has 2 atom stereocenters. The van der Waals surface area contributed by atoms with Crippen LogP contribution in [0.25, 0.3) is 0 Å². The van der Waals surface area contributed by atoms with Crippen molar-refractivity contribution < 1.29 is 22.8 Å². The normalized spacial score (nSPS) is 19.8. The Morgan fingerprint density at radius 1 is 1.18 bits per heavy atom. The van der Waals surface area contributed by atoms with Crippen molar-refractivity contribution >= 4 is 29.1 Å². The molecule has 0 saturated carbocycles. The number of nitrogens with zero attached hydrogens (tertiary/aromatic N) is 1. The van der Waals surface area contributed by atoms with Crippen LogP contribution in [0.3, 0.4) is 0 Å². The number of carbonyl (C=O) groups is 2. The van der Waals surface area contributed by atoms with Gasteiger partial charge in [-0.05, 0) is 42.3 Å². The standard InChI is InChI=1S/C20H18ClF3N2O2/c1-11-15(21)4-3-5-16(11)25-18(27)17-14(10-26(2)19(17)28)12-6-8-13(9-7-12)20(22,23)24/h3-9,14,17H,10H2,1-2H3,(H,25,27)/t14-,17+/m0/s1. The Morgan fingerprint density at radius 2 is 1.82 bits per heavy atom. The number of benzene rings is 2. The van der Waals surface area contributed by atoms with Crippen LogP contribution in [0.15, 0.2) is 42.5 Å². The zero-order chi connectivity index (χ0) is 20.6. The van der Waals surface area contributed by atoms with E-state index in [1.165, 1.54) is 17.0 Å². The zero-order valence-corrected chi connectivity index (χ0v) is 15.9. The third-order valence-electron chi connectivity index (χ3n) is 4.99. The third kappa shape index (κ3) is 3.85. The summed E-state index contributed by atoms with van der Waals surface area (Å²) in [6.45, 7) is 1.99. The summed E-state index contributed by atoms with van der Waals surface area (Å²) in [6.07, 6.45) is -4.44. The molecule has 1 aliphatic rings. The highest BCUT2D eigenvalue weighted by atomic mass is 35.5. The quantitative estimate of drug-likeness (QED) is 0.758. The Morgan fingerprint density at radius 3 is 2.43 bits per heavy atom. The van der Waals surface area contributed by atoms with Gasteiger partial charge in [-0.1, -0.05) is 29.8 Å². The first-order valence-corrected chi connectivity index (χ1v) is 8.95. The Balaban J connectivity index is 1.88. The van der Waals surface area contributed by atoms with Gasteiger partial charge in [0.2, 0.25) is 11.8 Å².